The molecule has 1 N–H and O–H groups in total. The molecule has 0 fully saturated rings. The first-order chi connectivity index (χ1) is 13.9. The average molecular weight is 367 g/mol. The van der Waals surface area contributed by atoms with Crippen LogP contribution in [0.15, 0.2) is 91.3 Å². The number of hydrogen-bond acceptors (Lipinski definition) is 4. The molecular formula is C24H21N3O. The molecule has 0 bridgehead atoms. The number of hydrogen-bond donors (Lipinski definition) is 1. The monoisotopic (exact) mass is 367 g/mol. The number of rotatable bonds is 4. The molecule has 138 valence electrons. The molecule has 28 heavy (non-hydrogen) atoms. The van der Waals surface area contributed by atoms with Crippen molar-refractivity contribution in [2.24, 2.45) is 0 Å². The fourth-order valence-corrected chi connectivity index (χ4v) is 3.91. The minimum Gasteiger partial charge on any atom is -0.485 e. The predicted molar refractivity (Wildman–Crippen MR) is 111 cm³/mol. The number of benzene rings is 1. The van der Waals surface area contributed by atoms with Crippen LogP contribution in [-0.4, -0.2) is 22.6 Å². The van der Waals surface area contributed by atoms with Gasteiger partial charge >= 0.3 is 0 Å². The van der Waals surface area contributed by atoms with Gasteiger partial charge in [0.05, 0.1) is 0 Å². The van der Waals surface area contributed by atoms with Gasteiger partial charge in [-0.1, -0.05) is 42.5 Å². The van der Waals surface area contributed by atoms with Crippen LogP contribution in [0.25, 0.3) is 0 Å². The molecule has 1 aromatic carbocycles. The molecule has 0 saturated heterocycles. The number of pyridine rings is 2. The summed E-state index contributed by atoms with van der Waals surface area (Å²) in [5, 5.41) is 3.42. The fourth-order valence-electron chi connectivity index (χ4n) is 3.91. The maximum atomic E-state index is 6.26. The lowest BCUT2D eigenvalue weighted by Crippen LogP contribution is -2.23. The lowest BCUT2D eigenvalue weighted by molar-refractivity contribution is 0.231. The summed E-state index contributed by atoms with van der Waals surface area (Å²) in [5.74, 6) is 2.17. The lowest BCUT2D eigenvalue weighted by Gasteiger charge is -2.26. The largest absolute Gasteiger partial charge is 0.485 e. The molecule has 0 radical (unpaired) electrons. The molecule has 0 saturated carbocycles. The Labute approximate surface area is 164 Å². The van der Waals surface area contributed by atoms with Crippen LogP contribution in [0.2, 0.25) is 0 Å². The van der Waals surface area contributed by atoms with E-state index in [2.05, 4.69) is 40.7 Å². The van der Waals surface area contributed by atoms with Crippen LogP contribution in [0.3, 0.4) is 0 Å². The van der Waals surface area contributed by atoms with Gasteiger partial charge in [-0.15, -0.1) is 0 Å². The van der Waals surface area contributed by atoms with Crippen molar-refractivity contribution in [1.29, 1.82) is 0 Å². The van der Waals surface area contributed by atoms with Crippen molar-refractivity contribution in [1.82, 2.24) is 9.97 Å². The van der Waals surface area contributed by atoms with Gasteiger partial charge in [-0.2, -0.15) is 0 Å². The van der Waals surface area contributed by atoms with Crippen molar-refractivity contribution >= 4 is 5.82 Å². The Morgan fingerprint density at radius 1 is 0.929 bits per heavy atom. The third kappa shape index (κ3) is 3.18. The molecular weight excluding hydrogens is 346 g/mol. The molecule has 4 nitrogen and oxygen atoms in total. The van der Waals surface area contributed by atoms with Gasteiger partial charge in [0.2, 0.25) is 0 Å². The predicted octanol–water partition coefficient (Wildman–Crippen LogP) is 4.69. The van der Waals surface area contributed by atoms with Crippen molar-refractivity contribution in [2.45, 2.75) is 17.9 Å². The van der Waals surface area contributed by atoms with Gasteiger partial charge in [0.1, 0.15) is 17.7 Å². The van der Waals surface area contributed by atoms with Gasteiger partial charge in [0, 0.05) is 42.0 Å². The number of para-hydroxylation sites is 1. The summed E-state index contributed by atoms with van der Waals surface area (Å²) < 4.78 is 6.26. The van der Waals surface area contributed by atoms with Gasteiger partial charge in [0.15, 0.2) is 0 Å². The summed E-state index contributed by atoms with van der Waals surface area (Å²) in [7, 11) is 0. The van der Waals surface area contributed by atoms with E-state index in [1.165, 1.54) is 5.56 Å². The average Bonchev–Trinajstić information content (AvgIpc) is 3.19. The van der Waals surface area contributed by atoms with Crippen LogP contribution in [-0.2, 0) is 0 Å². The standard InChI is InChI=1S/C24H21N3O/c1-2-8-18(9-3-1)28-23-12-5-4-10-19(23)17-14-20-21(16-27-24(20)26-15-17)22-11-6-7-13-25-22/h1-15,19,21,23H,16H2,(H,26,27). The maximum Gasteiger partial charge on any atom is 0.129 e. The van der Waals surface area contributed by atoms with Crippen LogP contribution in [0, 0.1) is 0 Å². The van der Waals surface area contributed by atoms with Crippen molar-refractivity contribution in [2.75, 3.05) is 11.9 Å². The van der Waals surface area contributed by atoms with Crippen LogP contribution in [0.1, 0.15) is 28.7 Å². The second-order valence-corrected chi connectivity index (χ2v) is 7.09. The van der Waals surface area contributed by atoms with Gasteiger partial charge in [-0.3, -0.25) is 4.98 Å². The van der Waals surface area contributed by atoms with E-state index in [4.69, 9.17) is 9.72 Å². The molecule has 0 amide bonds. The molecule has 2 aromatic heterocycles. The first-order valence-corrected chi connectivity index (χ1v) is 9.60. The molecule has 1 aliphatic carbocycles. The van der Waals surface area contributed by atoms with E-state index in [9.17, 15) is 0 Å². The minimum atomic E-state index is -0.0603. The van der Waals surface area contributed by atoms with Gasteiger partial charge in [-0.25, -0.2) is 4.98 Å². The second kappa shape index (κ2) is 7.31. The number of aromatic nitrogens is 2. The van der Waals surface area contributed by atoms with E-state index in [-0.39, 0.29) is 17.9 Å². The van der Waals surface area contributed by atoms with Gasteiger partial charge in [-0.05, 0) is 42.0 Å². The van der Waals surface area contributed by atoms with Crippen LogP contribution < -0.4 is 10.1 Å². The number of allylic oxidation sites excluding steroid dienone is 2. The Morgan fingerprint density at radius 3 is 2.64 bits per heavy atom. The summed E-state index contributed by atoms with van der Waals surface area (Å²) in [6.45, 7) is 0.827. The number of fused-ring (bicyclic) bond motifs is 1. The maximum absolute atomic E-state index is 6.26. The summed E-state index contributed by atoms with van der Waals surface area (Å²) >= 11 is 0. The Kier molecular flexibility index (Phi) is 4.37. The number of anilines is 1. The molecule has 3 unspecified atom stereocenters. The van der Waals surface area contributed by atoms with Gasteiger partial charge < -0.3 is 10.1 Å². The molecule has 2 aliphatic rings. The summed E-state index contributed by atoms with van der Waals surface area (Å²) in [5.41, 5.74) is 3.44. The first-order valence-electron chi connectivity index (χ1n) is 9.60. The molecule has 3 atom stereocenters. The second-order valence-electron chi connectivity index (χ2n) is 7.09. The number of nitrogens with zero attached hydrogens (tertiary/aromatic N) is 2. The summed E-state index contributed by atoms with van der Waals surface area (Å²) in [6, 6.07) is 18.3. The number of ether oxygens (including phenoxy) is 1. The third-order valence-corrected chi connectivity index (χ3v) is 5.32. The SMILES string of the molecule is C1=CC(Oc2ccccc2)C(c2cnc3c(c2)C(c2ccccn2)CN3)C=C1. The normalized spacial score (nSPS) is 22.5. The van der Waals surface area contributed by atoms with Crippen LogP contribution in [0.5, 0.6) is 5.75 Å². The molecule has 0 spiro atoms. The van der Waals surface area contributed by atoms with Gasteiger partial charge in [0.25, 0.3) is 0 Å². The zero-order valence-electron chi connectivity index (χ0n) is 15.4. The molecule has 3 aromatic rings. The van der Waals surface area contributed by atoms with E-state index < -0.39 is 0 Å². The Balaban J connectivity index is 1.46. The van der Waals surface area contributed by atoms with Crippen molar-refractivity contribution in [3.05, 3.63) is 108 Å². The highest BCUT2D eigenvalue weighted by molar-refractivity contribution is 5.56. The molecule has 4 heteroatoms. The van der Waals surface area contributed by atoms with Crippen molar-refractivity contribution < 1.29 is 4.74 Å². The van der Waals surface area contributed by atoms with Crippen LogP contribution >= 0.6 is 0 Å². The minimum absolute atomic E-state index is 0.0603. The third-order valence-electron chi connectivity index (χ3n) is 5.32. The molecule has 1 aliphatic heterocycles. The van der Waals surface area contributed by atoms with E-state index in [0.717, 1.165) is 29.4 Å². The zero-order chi connectivity index (χ0) is 18.8. The number of nitrogens with one attached hydrogen (secondary N) is 1. The Hall–Kier alpha value is -3.40. The fraction of sp³-hybridized carbons (Fsp3) is 0.167. The Morgan fingerprint density at radius 2 is 1.79 bits per heavy atom. The van der Waals surface area contributed by atoms with Crippen LogP contribution in [0.4, 0.5) is 5.82 Å². The smallest absolute Gasteiger partial charge is 0.129 e. The molecule has 5 rings (SSSR count). The quantitative estimate of drug-likeness (QED) is 0.727. The Bertz CT molecular complexity index is 1010. The highest BCUT2D eigenvalue weighted by Crippen LogP contribution is 2.37. The highest BCUT2D eigenvalue weighted by Gasteiger charge is 2.29. The zero-order valence-corrected chi connectivity index (χ0v) is 15.4. The topological polar surface area (TPSA) is 47.0 Å². The summed E-state index contributed by atoms with van der Waals surface area (Å²) in [4.78, 5) is 9.25. The van der Waals surface area contributed by atoms with Crippen molar-refractivity contribution in [3.63, 3.8) is 0 Å². The van der Waals surface area contributed by atoms with E-state index in [0.29, 0.717) is 0 Å². The van der Waals surface area contributed by atoms with E-state index in [1.54, 1.807) is 0 Å². The van der Waals surface area contributed by atoms with E-state index >= 15 is 0 Å². The lowest BCUT2D eigenvalue weighted by atomic mass is 9.88. The van der Waals surface area contributed by atoms with Crippen molar-refractivity contribution in [3.8, 4) is 5.75 Å². The highest BCUT2D eigenvalue weighted by atomic mass is 16.5. The van der Waals surface area contributed by atoms with E-state index in [1.807, 2.05) is 60.9 Å². The first kappa shape index (κ1) is 16.8. The summed E-state index contributed by atoms with van der Waals surface area (Å²) in [6.07, 6.45) is 12.2. The molecule has 3 heterocycles.